The van der Waals surface area contributed by atoms with Gasteiger partial charge in [0.2, 0.25) is 5.91 Å². The van der Waals surface area contributed by atoms with Crippen molar-refractivity contribution in [1.29, 1.82) is 0 Å². The lowest BCUT2D eigenvalue weighted by atomic mass is 10.00. The minimum absolute atomic E-state index is 0.0300. The summed E-state index contributed by atoms with van der Waals surface area (Å²) in [5.41, 5.74) is 1.52. The van der Waals surface area contributed by atoms with E-state index in [1.54, 1.807) is 7.11 Å². The summed E-state index contributed by atoms with van der Waals surface area (Å²) >= 11 is 0. The fourth-order valence-corrected chi connectivity index (χ4v) is 3.71. The fourth-order valence-electron chi connectivity index (χ4n) is 3.71. The second-order valence-electron chi connectivity index (χ2n) is 8.47. The van der Waals surface area contributed by atoms with Gasteiger partial charge in [0, 0.05) is 11.6 Å². The van der Waals surface area contributed by atoms with Crippen LogP contribution in [0.25, 0.3) is 0 Å². The molecule has 1 saturated heterocycles. The summed E-state index contributed by atoms with van der Waals surface area (Å²) in [6, 6.07) is 7.86. The zero-order valence-corrected chi connectivity index (χ0v) is 19.0. The van der Waals surface area contributed by atoms with Crippen molar-refractivity contribution >= 4 is 5.91 Å². The third-order valence-corrected chi connectivity index (χ3v) is 5.53. The molecule has 2 aromatic rings. The molecule has 2 heterocycles. The average molecular weight is 425 g/mol. The van der Waals surface area contributed by atoms with Crippen molar-refractivity contribution in [3.8, 4) is 17.6 Å². The van der Waals surface area contributed by atoms with Gasteiger partial charge in [-0.3, -0.25) is 4.79 Å². The highest BCUT2D eigenvalue weighted by Gasteiger charge is 2.34. The third-order valence-electron chi connectivity index (χ3n) is 5.53. The SMILES string of the molecule is COc1ccc(C#Cc2cn([C@H](C)C[C@@H]3CC[C@H]([C@@H](C)C(=O)NC(C)C)O3)nn2)cc1. The first-order valence-electron chi connectivity index (χ1n) is 10.9. The molecule has 1 N–H and O–H groups in total. The Labute approximate surface area is 184 Å². The van der Waals surface area contributed by atoms with Gasteiger partial charge in [0.25, 0.3) is 0 Å². The molecule has 1 fully saturated rings. The first-order chi connectivity index (χ1) is 14.9. The Morgan fingerprint density at radius 1 is 1.23 bits per heavy atom. The van der Waals surface area contributed by atoms with Crippen LogP contribution in [0, 0.1) is 17.8 Å². The molecule has 0 radical (unpaired) electrons. The third kappa shape index (κ3) is 6.31. The molecule has 166 valence electrons. The number of rotatable bonds is 7. The molecule has 0 saturated carbocycles. The van der Waals surface area contributed by atoms with Gasteiger partial charge in [0.05, 0.1) is 37.5 Å². The summed E-state index contributed by atoms with van der Waals surface area (Å²) in [6.45, 7) is 7.98. The summed E-state index contributed by atoms with van der Waals surface area (Å²) in [4.78, 5) is 12.3. The van der Waals surface area contributed by atoms with Crippen molar-refractivity contribution in [2.24, 2.45) is 5.92 Å². The first-order valence-corrected chi connectivity index (χ1v) is 10.9. The Kier molecular flexibility index (Phi) is 7.69. The number of amides is 1. The molecule has 1 aliphatic rings. The van der Waals surface area contributed by atoms with Crippen LogP contribution in [0.3, 0.4) is 0 Å². The number of carbonyl (C=O) groups is 1. The highest BCUT2D eigenvalue weighted by atomic mass is 16.5. The van der Waals surface area contributed by atoms with Gasteiger partial charge < -0.3 is 14.8 Å². The Bertz CT molecular complexity index is 926. The first kappa shape index (κ1) is 22.8. The van der Waals surface area contributed by atoms with Crippen LogP contribution in [-0.4, -0.2) is 46.3 Å². The lowest BCUT2D eigenvalue weighted by Gasteiger charge is -2.22. The van der Waals surface area contributed by atoms with Crippen molar-refractivity contribution in [3.05, 3.63) is 41.7 Å². The van der Waals surface area contributed by atoms with E-state index in [1.165, 1.54) is 0 Å². The van der Waals surface area contributed by atoms with Gasteiger partial charge in [0.1, 0.15) is 5.75 Å². The summed E-state index contributed by atoms with van der Waals surface area (Å²) < 4.78 is 13.2. The predicted molar refractivity (Wildman–Crippen MR) is 119 cm³/mol. The maximum absolute atomic E-state index is 12.3. The van der Waals surface area contributed by atoms with Gasteiger partial charge >= 0.3 is 0 Å². The molecule has 7 nitrogen and oxygen atoms in total. The van der Waals surface area contributed by atoms with Gasteiger partial charge in [0.15, 0.2) is 5.69 Å². The van der Waals surface area contributed by atoms with E-state index in [0.29, 0.717) is 5.69 Å². The van der Waals surface area contributed by atoms with E-state index in [0.717, 1.165) is 30.6 Å². The summed E-state index contributed by atoms with van der Waals surface area (Å²) in [7, 11) is 1.64. The monoisotopic (exact) mass is 424 g/mol. The largest absolute Gasteiger partial charge is 0.497 e. The van der Waals surface area contributed by atoms with Gasteiger partial charge in [-0.15, -0.1) is 5.10 Å². The molecule has 0 aliphatic carbocycles. The molecular weight excluding hydrogens is 392 g/mol. The Balaban J connectivity index is 1.53. The van der Waals surface area contributed by atoms with Crippen LogP contribution in [0.15, 0.2) is 30.5 Å². The minimum atomic E-state index is -0.145. The van der Waals surface area contributed by atoms with E-state index in [4.69, 9.17) is 9.47 Å². The molecule has 0 bridgehead atoms. The zero-order valence-electron chi connectivity index (χ0n) is 19.0. The number of methoxy groups -OCH3 is 1. The number of hydrogen-bond acceptors (Lipinski definition) is 5. The quantitative estimate of drug-likeness (QED) is 0.690. The van der Waals surface area contributed by atoms with E-state index in [-0.39, 0.29) is 36.1 Å². The van der Waals surface area contributed by atoms with Crippen molar-refractivity contribution in [1.82, 2.24) is 20.3 Å². The highest BCUT2D eigenvalue weighted by molar-refractivity contribution is 5.79. The summed E-state index contributed by atoms with van der Waals surface area (Å²) in [5.74, 6) is 6.87. The average Bonchev–Trinajstić information content (AvgIpc) is 3.41. The van der Waals surface area contributed by atoms with Crippen LogP contribution in [0.1, 0.15) is 64.3 Å². The lowest BCUT2D eigenvalue weighted by molar-refractivity contribution is -0.129. The number of aromatic nitrogens is 3. The zero-order chi connectivity index (χ0) is 22.4. The normalized spacial score (nSPS) is 20.1. The van der Waals surface area contributed by atoms with Gasteiger partial charge in [-0.1, -0.05) is 18.1 Å². The maximum atomic E-state index is 12.3. The van der Waals surface area contributed by atoms with Crippen LogP contribution in [-0.2, 0) is 9.53 Å². The maximum Gasteiger partial charge on any atom is 0.225 e. The van der Waals surface area contributed by atoms with Crippen LogP contribution in [0.2, 0.25) is 0 Å². The number of nitrogens with zero attached hydrogens (tertiary/aromatic N) is 3. The second kappa shape index (κ2) is 10.5. The molecule has 0 unspecified atom stereocenters. The predicted octanol–water partition coefficient (Wildman–Crippen LogP) is 3.35. The molecule has 1 aromatic carbocycles. The van der Waals surface area contributed by atoms with E-state index in [2.05, 4.69) is 34.4 Å². The number of carbonyl (C=O) groups excluding carboxylic acids is 1. The van der Waals surface area contributed by atoms with E-state index >= 15 is 0 Å². The Hall–Kier alpha value is -2.85. The van der Waals surface area contributed by atoms with Gasteiger partial charge in [-0.05, 0) is 70.2 Å². The number of ether oxygens (including phenoxy) is 2. The smallest absolute Gasteiger partial charge is 0.225 e. The molecule has 0 spiro atoms. The molecule has 1 aliphatic heterocycles. The fraction of sp³-hybridized carbons (Fsp3) is 0.542. The van der Waals surface area contributed by atoms with E-state index in [9.17, 15) is 4.79 Å². The standard InChI is InChI=1S/C24H32N4O3/c1-16(2)25-24(29)18(4)23-13-12-22(31-23)14-17(3)28-15-20(26-27-28)9-6-19-7-10-21(30-5)11-8-19/h7-8,10-11,15-18,22-23H,12-14H2,1-5H3,(H,25,29)/t17-,18-,22+,23-/m1/s1. The number of benzene rings is 1. The van der Waals surface area contributed by atoms with Crippen LogP contribution < -0.4 is 10.1 Å². The Morgan fingerprint density at radius 2 is 1.97 bits per heavy atom. The number of nitrogens with one attached hydrogen (secondary N) is 1. The molecule has 7 heteroatoms. The van der Waals surface area contributed by atoms with Gasteiger partial charge in [-0.25, -0.2) is 4.68 Å². The van der Waals surface area contributed by atoms with E-state index in [1.807, 2.05) is 55.9 Å². The topological polar surface area (TPSA) is 78.3 Å². The summed E-state index contributed by atoms with van der Waals surface area (Å²) in [6.07, 6.45) is 4.63. The van der Waals surface area contributed by atoms with Crippen LogP contribution in [0.5, 0.6) is 5.75 Å². The Morgan fingerprint density at radius 3 is 2.65 bits per heavy atom. The van der Waals surface area contributed by atoms with Crippen LogP contribution in [0.4, 0.5) is 0 Å². The second-order valence-corrected chi connectivity index (χ2v) is 8.47. The van der Waals surface area contributed by atoms with Crippen molar-refractivity contribution in [2.75, 3.05) is 7.11 Å². The van der Waals surface area contributed by atoms with Crippen LogP contribution >= 0.6 is 0 Å². The van der Waals surface area contributed by atoms with Crippen molar-refractivity contribution in [3.63, 3.8) is 0 Å². The van der Waals surface area contributed by atoms with Crippen molar-refractivity contribution < 1.29 is 14.3 Å². The molecule has 4 atom stereocenters. The van der Waals surface area contributed by atoms with Gasteiger partial charge in [-0.2, -0.15) is 0 Å². The van der Waals surface area contributed by atoms with E-state index < -0.39 is 0 Å². The molecule has 1 aromatic heterocycles. The minimum Gasteiger partial charge on any atom is -0.497 e. The molecule has 31 heavy (non-hydrogen) atoms. The highest BCUT2D eigenvalue weighted by Crippen LogP contribution is 2.30. The number of hydrogen-bond donors (Lipinski definition) is 1. The van der Waals surface area contributed by atoms with Crippen molar-refractivity contribution in [2.45, 2.75) is 71.2 Å². The molecule has 1 amide bonds. The lowest BCUT2D eigenvalue weighted by Crippen LogP contribution is -2.39. The molecular formula is C24H32N4O3. The summed E-state index contributed by atoms with van der Waals surface area (Å²) in [5, 5.41) is 11.4. The molecule has 3 rings (SSSR count).